The molecular formula is C13H6BrClFNO. The maximum Gasteiger partial charge on any atom is 0.146 e. The minimum Gasteiger partial charge on any atom is -0.456 e. The van der Waals surface area contributed by atoms with E-state index in [0.717, 1.165) is 0 Å². The van der Waals surface area contributed by atoms with Crippen LogP contribution in [0.1, 0.15) is 5.56 Å². The summed E-state index contributed by atoms with van der Waals surface area (Å²) < 4.78 is 18.9. The SMILES string of the molecule is N#Cc1c(Cl)cccc1Oc1ccc(F)c(Br)c1. The van der Waals surface area contributed by atoms with Gasteiger partial charge in [-0.3, -0.25) is 0 Å². The molecule has 0 fully saturated rings. The van der Waals surface area contributed by atoms with E-state index in [1.165, 1.54) is 18.2 Å². The lowest BCUT2D eigenvalue weighted by Crippen LogP contribution is -1.89. The van der Waals surface area contributed by atoms with Crippen molar-refractivity contribution in [3.63, 3.8) is 0 Å². The Balaban J connectivity index is 2.37. The Morgan fingerprint density at radius 3 is 2.72 bits per heavy atom. The van der Waals surface area contributed by atoms with Gasteiger partial charge >= 0.3 is 0 Å². The third kappa shape index (κ3) is 2.63. The van der Waals surface area contributed by atoms with Crippen molar-refractivity contribution in [2.24, 2.45) is 0 Å². The molecule has 0 amide bonds. The van der Waals surface area contributed by atoms with E-state index in [4.69, 9.17) is 21.6 Å². The highest BCUT2D eigenvalue weighted by molar-refractivity contribution is 9.10. The summed E-state index contributed by atoms with van der Waals surface area (Å²) in [6.07, 6.45) is 0. The zero-order valence-corrected chi connectivity index (χ0v) is 11.3. The average Bonchev–Trinajstić information content (AvgIpc) is 2.34. The van der Waals surface area contributed by atoms with Gasteiger partial charge in [0.2, 0.25) is 0 Å². The topological polar surface area (TPSA) is 33.0 Å². The first-order valence-corrected chi connectivity index (χ1v) is 6.10. The van der Waals surface area contributed by atoms with E-state index in [-0.39, 0.29) is 11.4 Å². The van der Waals surface area contributed by atoms with Crippen LogP contribution < -0.4 is 4.74 Å². The Hall–Kier alpha value is -1.57. The van der Waals surface area contributed by atoms with Crippen molar-refractivity contribution in [2.75, 3.05) is 0 Å². The molecule has 5 heteroatoms. The minimum absolute atomic E-state index is 0.250. The highest BCUT2D eigenvalue weighted by Crippen LogP contribution is 2.31. The molecule has 0 atom stereocenters. The summed E-state index contributed by atoms with van der Waals surface area (Å²) in [7, 11) is 0. The van der Waals surface area contributed by atoms with Crippen molar-refractivity contribution < 1.29 is 9.13 Å². The summed E-state index contributed by atoms with van der Waals surface area (Å²) in [6, 6.07) is 11.1. The quantitative estimate of drug-likeness (QED) is 0.786. The molecule has 0 aromatic heterocycles. The number of rotatable bonds is 2. The molecule has 2 nitrogen and oxygen atoms in total. The second-order valence-electron chi connectivity index (χ2n) is 3.40. The van der Waals surface area contributed by atoms with Gasteiger partial charge in [-0.2, -0.15) is 5.26 Å². The minimum atomic E-state index is -0.381. The molecule has 0 N–H and O–H groups in total. The molecule has 18 heavy (non-hydrogen) atoms. The lowest BCUT2D eigenvalue weighted by Gasteiger charge is -2.08. The molecule has 0 spiro atoms. The maximum atomic E-state index is 13.1. The van der Waals surface area contributed by atoms with Crippen molar-refractivity contribution in [1.82, 2.24) is 0 Å². The van der Waals surface area contributed by atoms with Gasteiger partial charge in [0.1, 0.15) is 28.9 Å². The van der Waals surface area contributed by atoms with E-state index < -0.39 is 0 Å². The van der Waals surface area contributed by atoms with Gasteiger partial charge in [-0.1, -0.05) is 17.7 Å². The number of ether oxygens (including phenoxy) is 1. The molecule has 0 aliphatic heterocycles. The number of halogens is 3. The van der Waals surface area contributed by atoms with E-state index in [2.05, 4.69) is 15.9 Å². The molecule has 2 aromatic carbocycles. The first kappa shape index (κ1) is 12.9. The Bertz CT molecular complexity index is 639. The fourth-order valence-corrected chi connectivity index (χ4v) is 1.93. The van der Waals surface area contributed by atoms with E-state index in [9.17, 15) is 4.39 Å². The number of nitrogens with zero attached hydrogens (tertiary/aromatic N) is 1. The van der Waals surface area contributed by atoms with Crippen molar-refractivity contribution in [1.29, 1.82) is 5.26 Å². The zero-order valence-electron chi connectivity index (χ0n) is 8.95. The summed E-state index contributed by atoms with van der Waals surface area (Å²) in [5.74, 6) is 0.375. The van der Waals surface area contributed by atoms with Gasteiger partial charge in [-0.05, 0) is 46.3 Å². The molecule has 0 radical (unpaired) electrons. The number of hydrogen-bond acceptors (Lipinski definition) is 2. The van der Waals surface area contributed by atoms with E-state index in [1.54, 1.807) is 18.2 Å². The van der Waals surface area contributed by atoms with Gasteiger partial charge in [0.05, 0.1) is 9.50 Å². The molecule has 0 unspecified atom stereocenters. The summed E-state index contributed by atoms with van der Waals surface area (Å²) in [6.45, 7) is 0. The Morgan fingerprint density at radius 1 is 1.28 bits per heavy atom. The van der Waals surface area contributed by atoms with Gasteiger partial charge in [0.15, 0.2) is 0 Å². The van der Waals surface area contributed by atoms with E-state index >= 15 is 0 Å². The first-order chi connectivity index (χ1) is 8.61. The van der Waals surface area contributed by atoms with Gasteiger partial charge in [-0.25, -0.2) is 4.39 Å². The maximum absolute atomic E-state index is 13.1. The molecule has 2 aromatic rings. The second kappa shape index (κ2) is 5.38. The average molecular weight is 327 g/mol. The largest absolute Gasteiger partial charge is 0.456 e. The van der Waals surface area contributed by atoms with Gasteiger partial charge in [-0.15, -0.1) is 0 Å². The number of nitriles is 1. The summed E-state index contributed by atoms with van der Waals surface area (Å²) in [5.41, 5.74) is 0.250. The molecule has 0 bridgehead atoms. The van der Waals surface area contributed by atoms with Crippen LogP contribution in [-0.2, 0) is 0 Å². The van der Waals surface area contributed by atoms with Crippen LogP contribution >= 0.6 is 27.5 Å². The third-order valence-electron chi connectivity index (χ3n) is 2.21. The molecule has 90 valence electrons. The lowest BCUT2D eigenvalue weighted by molar-refractivity contribution is 0.478. The first-order valence-electron chi connectivity index (χ1n) is 4.93. The predicted octanol–water partition coefficient (Wildman–Crippen LogP) is 4.91. The monoisotopic (exact) mass is 325 g/mol. The fourth-order valence-electron chi connectivity index (χ4n) is 1.37. The molecule has 0 aliphatic carbocycles. The fraction of sp³-hybridized carbons (Fsp3) is 0. The Labute approximate surface area is 117 Å². The third-order valence-corrected chi connectivity index (χ3v) is 3.13. The van der Waals surface area contributed by atoms with Crippen LogP contribution in [0.15, 0.2) is 40.9 Å². The second-order valence-corrected chi connectivity index (χ2v) is 4.66. The summed E-state index contributed by atoms with van der Waals surface area (Å²) in [4.78, 5) is 0. The lowest BCUT2D eigenvalue weighted by atomic mass is 10.2. The van der Waals surface area contributed by atoms with Crippen LogP contribution in [0.2, 0.25) is 5.02 Å². The molecular weight excluding hydrogens is 321 g/mol. The zero-order chi connectivity index (χ0) is 13.1. The number of hydrogen-bond donors (Lipinski definition) is 0. The van der Waals surface area contributed by atoms with Crippen molar-refractivity contribution in [3.05, 3.63) is 57.3 Å². The van der Waals surface area contributed by atoms with Gasteiger partial charge in [0, 0.05) is 0 Å². The Morgan fingerprint density at radius 2 is 2.06 bits per heavy atom. The molecule has 0 aliphatic rings. The summed E-state index contributed by atoms with van der Waals surface area (Å²) >= 11 is 8.94. The standard InChI is InChI=1S/C13H6BrClFNO/c14-10-6-8(4-5-12(10)16)18-13-3-1-2-11(15)9(13)7-17/h1-6H. The van der Waals surface area contributed by atoms with Crippen LogP contribution in [0, 0.1) is 17.1 Å². The van der Waals surface area contributed by atoms with Crippen molar-refractivity contribution in [2.45, 2.75) is 0 Å². The van der Waals surface area contributed by atoms with Crippen LogP contribution in [-0.4, -0.2) is 0 Å². The molecule has 0 saturated heterocycles. The molecule has 2 rings (SSSR count). The Kier molecular flexibility index (Phi) is 3.85. The van der Waals surface area contributed by atoms with E-state index in [1.807, 2.05) is 6.07 Å². The normalized spacial score (nSPS) is 9.89. The van der Waals surface area contributed by atoms with Gasteiger partial charge in [0.25, 0.3) is 0 Å². The number of benzene rings is 2. The van der Waals surface area contributed by atoms with Crippen LogP contribution in [0.5, 0.6) is 11.5 Å². The highest BCUT2D eigenvalue weighted by Gasteiger charge is 2.09. The van der Waals surface area contributed by atoms with E-state index in [0.29, 0.717) is 21.0 Å². The smallest absolute Gasteiger partial charge is 0.146 e. The highest BCUT2D eigenvalue weighted by atomic mass is 79.9. The van der Waals surface area contributed by atoms with Crippen molar-refractivity contribution >= 4 is 27.5 Å². The molecule has 0 heterocycles. The summed E-state index contributed by atoms with van der Waals surface area (Å²) in [5, 5.41) is 9.31. The predicted molar refractivity (Wildman–Crippen MR) is 70.3 cm³/mol. The van der Waals surface area contributed by atoms with Crippen molar-refractivity contribution in [3.8, 4) is 17.6 Å². The van der Waals surface area contributed by atoms with Gasteiger partial charge < -0.3 is 4.74 Å². The molecule has 0 saturated carbocycles. The van der Waals surface area contributed by atoms with Crippen LogP contribution in [0.4, 0.5) is 4.39 Å². The van der Waals surface area contributed by atoms with Crippen LogP contribution in [0.3, 0.4) is 0 Å². The van der Waals surface area contributed by atoms with Crippen LogP contribution in [0.25, 0.3) is 0 Å².